The van der Waals surface area contributed by atoms with E-state index < -0.39 is 31.4 Å². The molecule has 2 aromatic heterocycles. The maximum Gasteiger partial charge on any atom is 0.366 e. The van der Waals surface area contributed by atoms with Crippen LogP contribution in [0.25, 0.3) is 11.2 Å². The number of hydrogen-bond acceptors (Lipinski definition) is 10. The summed E-state index contributed by atoms with van der Waals surface area (Å²) in [5.41, 5.74) is 6.79. The molecule has 0 saturated heterocycles. The maximum atomic E-state index is 12.9. The fraction of sp³-hybridized carbons (Fsp3) is 0.700. The number of anilines is 1. The van der Waals surface area contributed by atoms with Crippen molar-refractivity contribution in [3.8, 4) is 0 Å². The summed E-state index contributed by atoms with van der Waals surface area (Å²) in [5.74, 6) is 5.97. The van der Waals surface area contributed by atoms with Crippen LogP contribution in [-0.2, 0) is 34.4 Å². The molecule has 0 radical (unpaired) electrons. The molecule has 1 saturated carbocycles. The molecule has 1 atom stereocenters. The van der Waals surface area contributed by atoms with Crippen molar-refractivity contribution < 1.29 is 32.6 Å². The minimum absolute atomic E-state index is 0.114. The molecule has 0 bridgehead atoms. The van der Waals surface area contributed by atoms with E-state index in [2.05, 4.69) is 9.97 Å². The minimum atomic E-state index is -3.63. The van der Waals surface area contributed by atoms with Crippen molar-refractivity contribution in [2.24, 2.45) is 5.41 Å². The standard InChI is InChI=1S/C20H33N6O6P/c1-13(2)14-15-16(26(22)18(21)24-14)25(10-23-15)9-20(7-8-20)31-12-33(28,29-6)32-11-30-17(27)19(3,4)5/h10,13,21H,7-9,11-12,22H2,1-6H3/p+1. The fourth-order valence-corrected chi connectivity index (χ4v) is 4.13. The first-order chi connectivity index (χ1) is 15.3. The van der Waals surface area contributed by atoms with Gasteiger partial charge in [0.2, 0.25) is 6.79 Å². The molecule has 0 amide bonds. The molecule has 0 spiro atoms. The number of carbonyl (C=O) groups is 1. The lowest BCUT2D eigenvalue weighted by Crippen LogP contribution is -2.50. The van der Waals surface area contributed by atoms with Crippen LogP contribution in [-0.4, -0.2) is 46.4 Å². The number of fused-ring (bicyclic) bond motifs is 1. The van der Waals surface area contributed by atoms with Gasteiger partial charge in [0.05, 0.1) is 17.6 Å². The Labute approximate surface area is 193 Å². The van der Waals surface area contributed by atoms with Gasteiger partial charge in [0.1, 0.15) is 18.4 Å². The van der Waals surface area contributed by atoms with E-state index in [1.54, 1.807) is 27.1 Å². The van der Waals surface area contributed by atoms with Gasteiger partial charge < -0.3 is 19.7 Å². The smallest absolute Gasteiger partial charge is 0.366 e. The molecule has 0 aliphatic heterocycles. The second-order valence-corrected chi connectivity index (χ2v) is 11.7. The Morgan fingerprint density at radius 2 is 2.03 bits per heavy atom. The van der Waals surface area contributed by atoms with Gasteiger partial charge in [0.15, 0.2) is 5.52 Å². The number of hydrogen-bond donors (Lipinski definition) is 2. The lowest BCUT2D eigenvalue weighted by Gasteiger charge is -2.22. The van der Waals surface area contributed by atoms with Crippen molar-refractivity contribution in [1.82, 2.24) is 14.5 Å². The van der Waals surface area contributed by atoms with Crippen LogP contribution < -0.4 is 16.3 Å². The zero-order valence-corrected chi connectivity index (χ0v) is 20.9. The SMILES string of the molecule is COP(=O)(COC1(Cn2cnc3c(C(C)C)nc(N)[n+](N)c32)CC1)OCOC(=O)C(C)(C)C. The number of esters is 1. The monoisotopic (exact) mass is 485 g/mol. The number of nitrogens with zero attached hydrogens (tertiary/aromatic N) is 4. The van der Waals surface area contributed by atoms with E-state index in [1.165, 1.54) is 11.8 Å². The van der Waals surface area contributed by atoms with Gasteiger partial charge in [-0.1, -0.05) is 13.8 Å². The van der Waals surface area contributed by atoms with Crippen LogP contribution in [0.4, 0.5) is 5.95 Å². The average molecular weight is 486 g/mol. The highest BCUT2D eigenvalue weighted by Gasteiger charge is 2.48. The first-order valence-corrected chi connectivity index (χ1v) is 12.5. The third kappa shape index (κ3) is 5.63. The normalized spacial score (nSPS) is 17.3. The molecule has 2 aromatic rings. The second kappa shape index (κ2) is 9.17. The molecule has 2 heterocycles. The Balaban J connectivity index is 1.69. The van der Waals surface area contributed by atoms with Gasteiger partial charge in [0.25, 0.3) is 5.65 Å². The molecule has 1 fully saturated rings. The first kappa shape index (κ1) is 25.4. The second-order valence-electron chi connectivity index (χ2n) is 9.60. The number of ether oxygens (including phenoxy) is 2. The summed E-state index contributed by atoms with van der Waals surface area (Å²) in [6.07, 6.45) is 2.88. The largest absolute Gasteiger partial charge is 0.438 e. The van der Waals surface area contributed by atoms with Gasteiger partial charge in [0, 0.05) is 13.0 Å². The highest BCUT2D eigenvalue weighted by molar-refractivity contribution is 7.53. The molecule has 13 heteroatoms. The predicted octanol–water partition coefficient (Wildman–Crippen LogP) is 2.05. The van der Waals surface area contributed by atoms with E-state index >= 15 is 0 Å². The van der Waals surface area contributed by atoms with Gasteiger partial charge in [-0.3, -0.25) is 24.3 Å². The van der Waals surface area contributed by atoms with Crippen LogP contribution in [0.3, 0.4) is 0 Å². The number of imidazole rings is 1. The maximum absolute atomic E-state index is 12.9. The highest BCUT2D eigenvalue weighted by atomic mass is 31.2. The molecule has 3 rings (SSSR count). The minimum Gasteiger partial charge on any atom is -0.438 e. The van der Waals surface area contributed by atoms with Gasteiger partial charge in [-0.05, 0) is 33.6 Å². The molecule has 33 heavy (non-hydrogen) atoms. The summed E-state index contributed by atoms with van der Waals surface area (Å²) in [7, 11) is -2.36. The van der Waals surface area contributed by atoms with Gasteiger partial charge >= 0.3 is 19.5 Å². The van der Waals surface area contributed by atoms with E-state index in [4.69, 9.17) is 30.1 Å². The zero-order chi connectivity index (χ0) is 24.6. The average Bonchev–Trinajstić information content (AvgIpc) is 3.38. The Hall–Kier alpha value is -2.27. The summed E-state index contributed by atoms with van der Waals surface area (Å²) in [6.45, 7) is 9.09. The summed E-state index contributed by atoms with van der Waals surface area (Å²) in [6, 6.07) is 0. The van der Waals surface area contributed by atoms with E-state index in [1.807, 2.05) is 18.4 Å². The number of nitrogen functional groups attached to an aromatic ring is 2. The predicted molar refractivity (Wildman–Crippen MR) is 120 cm³/mol. The topological polar surface area (TPSA) is 158 Å². The third-order valence-electron chi connectivity index (χ3n) is 5.43. The van der Waals surface area contributed by atoms with Gasteiger partial charge in [-0.25, -0.2) is 4.98 Å². The van der Waals surface area contributed by atoms with Crippen LogP contribution in [0.15, 0.2) is 6.33 Å². The van der Waals surface area contributed by atoms with Crippen molar-refractivity contribution >= 4 is 30.7 Å². The number of nitrogens with two attached hydrogens (primary N) is 2. The Kier molecular flexibility index (Phi) is 7.05. The summed E-state index contributed by atoms with van der Waals surface area (Å²) < 4.78 is 37.4. The molecule has 1 unspecified atom stereocenters. The zero-order valence-electron chi connectivity index (χ0n) is 20.0. The van der Waals surface area contributed by atoms with E-state index in [0.717, 1.165) is 18.5 Å². The lowest BCUT2D eigenvalue weighted by atomic mass is 9.98. The van der Waals surface area contributed by atoms with Crippen LogP contribution in [0.5, 0.6) is 0 Å². The van der Waals surface area contributed by atoms with Gasteiger partial charge in [-0.15, -0.1) is 9.66 Å². The van der Waals surface area contributed by atoms with Crippen molar-refractivity contribution in [2.75, 3.05) is 31.8 Å². The number of aromatic nitrogens is 4. The third-order valence-corrected chi connectivity index (χ3v) is 6.94. The molecule has 4 N–H and O–H groups in total. The number of rotatable bonds is 10. The van der Waals surface area contributed by atoms with Crippen molar-refractivity contribution in [1.29, 1.82) is 0 Å². The molecule has 184 valence electrons. The van der Waals surface area contributed by atoms with Crippen molar-refractivity contribution in [3.05, 3.63) is 12.0 Å². The molecule has 1 aliphatic carbocycles. The van der Waals surface area contributed by atoms with E-state index in [9.17, 15) is 9.36 Å². The van der Waals surface area contributed by atoms with E-state index in [0.29, 0.717) is 17.7 Å². The summed E-state index contributed by atoms with van der Waals surface area (Å²) in [4.78, 5) is 20.7. The fourth-order valence-electron chi connectivity index (χ4n) is 3.20. The lowest BCUT2D eigenvalue weighted by molar-refractivity contribution is -0.601. The Morgan fingerprint density at radius 3 is 2.58 bits per heavy atom. The molecule has 1 aliphatic rings. The Morgan fingerprint density at radius 1 is 1.36 bits per heavy atom. The van der Waals surface area contributed by atoms with Crippen molar-refractivity contribution in [3.63, 3.8) is 0 Å². The molecule has 12 nitrogen and oxygen atoms in total. The quantitative estimate of drug-likeness (QED) is 0.168. The summed E-state index contributed by atoms with van der Waals surface area (Å²) >= 11 is 0. The van der Waals surface area contributed by atoms with Gasteiger partial charge in [-0.2, -0.15) is 0 Å². The van der Waals surface area contributed by atoms with E-state index in [-0.39, 0.29) is 18.2 Å². The highest BCUT2D eigenvalue weighted by Crippen LogP contribution is 2.51. The van der Waals surface area contributed by atoms with Crippen molar-refractivity contribution in [2.45, 2.75) is 65.5 Å². The van der Waals surface area contributed by atoms with Crippen LogP contribution in [0.1, 0.15) is 59.1 Å². The summed E-state index contributed by atoms with van der Waals surface area (Å²) in [5, 5.41) is 0. The molecule has 0 aromatic carbocycles. The molecular weight excluding hydrogens is 451 g/mol. The Bertz CT molecular complexity index is 1080. The first-order valence-electron chi connectivity index (χ1n) is 10.7. The van der Waals surface area contributed by atoms with Crippen LogP contribution in [0.2, 0.25) is 0 Å². The molecular formula is C20H34N6O6P+. The van der Waals surface area contributed by atoms with Crippen LogP contribution >= 0.6 is 7.60 Å². The number of carbonyl (C=O) groups excluding carboxylic acids is 1. The van der Waals surface area contributed by atoms with Crippen LogP contribution in [0, 0.1) is 5.41 Å².